The molecule has 1 aliphatic rings. The Kier molecular flexibility index (Phi) is 2.44. The Bertz CT molecular complexity index is 252. The van der Waals surface area contributed by atoms with E-state index in [1.165, 1.54) is 4.31 Å². The van der Waals surface area contributed by atoms with Gasteiger partial charge in [-0.15, -0.1) is 0 Å². The highest BCUT2D eigenvalue weighted by molar-refractivity contribution is 7.87. The van der Waals surface area contributed by atoms with Crippen molar-refractivity contribution in [2.75, 3.05) is 19.6 Å². The van der Waals surface area contributed by atoms with Crippen LogP contribution >= 0.6 is 0 Å². The molecule has 1 fully saturated rings. The average molecular weight is 193 g/mol. The third-order valence-corrected chi connectivity index (χ3v) is 3.33. The summed E-state index contributed by atoms with van der Waals surface area (Å²) >= 11 is 0. The molecule has 0 aliphatic carbocycles. The maximum atomic E-state index is 11.3. The van der Waals surface area contributed by atoms with Crippen molar-refractivity contribution in [2.24, 2.45) is 5.73 Å². The molecule has 72 valence electrons. The lowest BCUT2D eigenvalue weighted by Crippen LogP contribution is -2.68. The van der Waals surface area contributed by atoms with Gasteiger partial charge in [0.1, 0.15) is 0 Å². The van der Waals surface area contributed by atoms with E-state index in [1.807, 2.05) is 6.92 Å². The molecule has 0 spiro atoms. The molecule has 0 aromatic rings. The van der Waals surface area contributed by atoms with Gasteiger partial charge in [-0.05, 0) is 6.92 Å². The zero-order valence-corrected chi connectivity index (χ0v) is 8.19. The van der Waals surface area contributed by atoms with Gasteiger partial charge < -0.3 is 5.73 Å². The molecule has 0 aromatic heterocycles. The van der Waals surface area contributed by atoms with Crippen LogP contribution in [0.1, 0.15) is 13.8 Å². The minimum Gasteiger partial charge on any atom is -0.323 e. The molecule has 0 saturated carbocycles. The molecule has 1 saturated heterocycles. The lowest BCUT2D eigenvalue weighted by molar-refractivity contribution is 0.174. The fourth-order valence-corrected chi connectivity index (χ4v) is 2.68. The minimum absolute atomic E-state index is 0.345. The van der Waals surface area contributed by atoms with E-state index in [0.717, 1.165) is 0 Å². The molecule has 0 radical (unpaired) electrons. The summed E-state index contributed by atoms with van der Waals surface area (Å²) in [5.41, 5.74) is 5.33. The first kappa shape index (κ1) is 9.91. The molecule has 0 bridgehead atoms. The summed E-state index contributed by atoms with van der Waals surface area (Å²) in [6.07, 6.45) is 0. The van der Waals surface area contributed by atoms with Crippen molar-refractivity contribution in [2.45, 2.75) is 19.4 Å². The van der Waals surface area contributed by atoms with E-state index in [2.05, 4.69) is 4.72 Å². The summed E-state index contributed by atoms with van der Waals surface area (Å²) in [5, 5.41) is 0. The fraction of sp³-hybridized carbons (Fsp3) is 1.00. The third kappa shape index (κ3) is 1.95. The van der Waals surface area contributed by atoms with Crippen molar-refractivity contribution in [1.82, 2.24) is 9.03 Å². The highest BCUT2D eigenvalue weighted by atomic mass is 32.2. The zero-order valence-electron chi connectivity index (χ0n) is 7.37. The van der Waals surface area contributed by atoms with Crippen molar-refractivity contribution < 1.29 is 8.42 Å². The van der Waals surface area contributed by atoms with Crippen LogP contribution in [-0.2, 0) is 10.2 Å². The van der Waals surface area contributed by atoms with Crippen molar-refractivity contribution in [3.8, 4) is 0 Å². The second kappa shape index (κ2) is 2.95. The molecular weight excluding hydrogens is 178 g/mol. The number of hydrogen-bond donors (Lipinski definition) is 2. The quantitative estimate of drug-likeness (QED) is 0.596. The maximum absolute atomic E-state index is 11.3. The Morgan fingerprint density at radius 1 is 1.58 bits per heavy atom. The van der Waals surface area contributed by atoms with Crippen LogP contribution in [0.15, 0.2) is 0 Å². The summed E-state index contributed by atoms with van der Waals surface area (Å²) in [7, 11) is -3.24. The normalized spacial score (nSPS) is 23.6. The van der Waals surface area contributed by atoms with E-state index in [1.54, 1.807) is 6.92 Å². The van der Waals surface area contributed by atoms with Crippen LogP contribution in [0, 0.1) is 0 Å². The Hall–Kier alpha value is -0.170. The Morgan fingerprint density at radius 2 is 2.08 bits per heavy atom. The SMILES string of the molecule is CCNS(=O)(=O)N1CC(C)(N)C1. The van der Waals surface area contributed by atoms with Crippen LogP contribution in [0.2, 0.25) is 0 Å². The van der Waals surface area contributed by atoms with E-state index >= 15 is 0 Å². The third-order valence-electron chi connectivity index (χ3n) is 1.74. The van der Waals surface area contributed by atoms with E-state index in [9.17, 15) is 8.42 Å². The number of rotatable bonds is 3. The highest BCUT2D eigenvalue weighted by Gasteiger charge is 2.41. The van der Waals surface area contributed by atoms with Crippen LogP contribution in [-0.4, -0.2) is 37.9 Å². The zero-order chi connectivity index (χ0) is 9.41. The molecular formula is C6H15N3O2S. The van der Waals surface area contributed by atoms with E-state index in [4.69, 9.17) is 5.73 Å². The predicted molar refractivity (Wildman–Crippen MR) is 46.8 cm³/mol. The molecule has 1 heterocycles. The average Bonchev–Trinajstić information content (AvgIpc) is 1.82. The van der Waals surface area contributed by atoms with Crippen molar-refractivity contribution in [3.05, 3.63) is 0 Å². The molecule has 0 amide bonds. The van der Waals surface area contributed by atoms with Crippen LogP contribution in [0.3, 0.4) is 0 Å². The molecule has 12 heavy (non-hydrogen) atoms. The first-order chi connectivity index (χ1) is 5.37. The first-order valence-corrected chi connectivity index (χ1v) is 5.35. The predicted octanol–water partition coefficient (Wildman–Crippen LogP) is -1.13. The van der Waals surface area contributed by atoms with Gasteiger partial charge in [-0.2, -0.15) is 12.7 Å². The van der Waals surface area contributed by atoms with E-state index in [0.29, 0.717) is 19.6 Å². The minimum atomic E-state index is -3.24. The lowest BCUT2D eigenvalue weighted by atomic mass is 9.97. The van der Waals surface area contributed by atoms with Gasteiger partial charge in [-0.25, -0.2) is 4.72 Å². The van der Waals surface area contributed by atoms with Crippen molar-refractivity contribution in [3.63, 3.8) is 0 Å². The van der Waals surface area contributed by atoms with Gasteiger partial charge >= 0.3 is 0 Å². The molecule has 1 rings (SSSR count). The summed E-state index contributed by atoms with van der Waals surface area (Å²) in [6.45, 7) is 4.81. The van der Waals surface area contributed by atoms with Crippen molar-refractivity contribution in [1.29, 1.82) is 0 Å². The molecule has 3 N–H and O–H groups in total. The van der Waals surface area contributed by atoms with E-state index in [-0.39, 0.29) is 5.54 Å². The molecule has 0 atom stereocenters. The number of nitrogens with one attached hydrogen (secondary N) is 1. The first-order valence-electron chi connectivity index (χ1n) is 3.91. The van der Waals surface area contributed by atoms with Gasteiger partial charge in [0.15, 0.2) is 0 Å². The smallest absolute Gasteiger partial charge is 0.279 e. The number of nitrogens with zero attached hydrogens (tertiary/aromatic N) is 1. The lowest BCUT2D eigenvalue weighted by Gasteiger charge is -2.43. The van der Waals surface area contributed by atoms with Crippen molar-refractivity contribution >= 4 is 10.2 Å². The molecule has 6 heteroatoms. The second-order valence-corrected chi connectivity index (χ2v) is 5.18. The van der Waals surface area contributed by atoms with Crippen LogP contribution < -0.4 is 10.5 Å². The van der Waals surface area contributed by atoms with Gasteiger partial charge in [0.25, 0.3) is 10.2 Å². The van der Waals surface area contributed by atoms with Gasteiger partial charge in [0, 0.05) is 25.2 Å². The molecule has 0 aromatic carbocycles. The van der Waals surface area contributed by atoms with Crippen LogP contribution in [0.25, 0.3) is 0 Å². The largest absolute Gasteiger partial charge is 0.323 e. The Balaban J connectivity index is 2.53. The molecule has 5 nitrogen and oxygen atoms in total. The number of nitrogens with two attached hydrogens (primary N) is 1. The van der Waals surface area contributed by atoms with Gasteiger partial charge in [-0.1, -0.05) is 6.92 Å². The number of hydrogen-bond acceptors (Lipinski definition) is 3. The highest BCUT2D eigenvalue weighted by Crippen LogP contribution is 2.19. The standard InChI is InChI=1S/C6H15N3O2S/c1-3-8-12(10,11)9-4-6(2,7)5-9/h8H,3-5,7H2,1-2H3. The van der Waals surface area contributed by atoms with E-state index < -0.39 is 10.2 Å². The molecule has 1 aliphatic heterocycles. The van der Waals surface area contributed by atoms with Gasteiger partial charge in [-0.3, -0.25) is 0 Å². The summed E-state index contributed by atoms with van der Waals surface area (Å²) in [5.74, 6) is 0. The Morgan fingerprint density at radius 3 is 2.42 bits per heavy atom. The fourth-order valence-electron chi connectivity index (χ4n) is 1.20. The summed E-state index contributed by atoms with van der Waals surface area (Å²) < 4.78 is 26.3. The second-order valence-electron chi connectivity index (χ2n) is 3.43. The Labute approximate surface area is 73.1 Å². The molecule has 0 unspecified atom stereocenters. The summed E-state index contributed by atoms with van der Waals surface area (Å²) in [6, 6.07) is 0. The topological polar surface area (TPSA) is 75.4 Å². The van der Waals surface area contributed by atoms with Crippen LogP contribution in [0.5, 0.6) is 0 Å². The van der Waals surface area contributed by atoms with Crippen LogP contribution in [0.4, 0.5) is 0 Å². The maximum Gasteiger partial charge on any atom is 0.279 e. The van der Waals surface area contributed by atoms with Gasteiger partial charge in [0.2, 0.25) is 0 Å². The monoisotopic (exact) mass is 193 g/mol. The van der Waals surface area contributed by atoms with Gasteiger partial charge in [0.05, 0.1) is 0 Å². The summed E-state index contributed by atoms with van der Waals surface area (Å²) in [4.78, 5) is 0.